The third-order valence-corrected chi connectivity index (χ3v) is 4.09. The van der Waals surface area contributed by atoms with Crippen LogP contribution in [0.3, 0.4) is 0 Å². The molecule has 2 aromatic carbocycles. The van der Waals surface area contributed by atoms with Crippen LogP contribution in [0.5, 0.6) is 0 Å². The SMILES string of the molecule is c1csc(-c2cccc3oc4ccccc4c23)c1. The van der Waals surface area contributed by atoms with Gasteiger partial charge >= 0.3 is 0 Å². The van der Waals surface area contributed by atoms with Crippen LogP contribution < -0.4 is 0 Å². The van der Waals surface area contributed by atoms with Crippen molar-refractivity contribution in [3.63, 3.8) is 0 Å². The van der Waals surface area contributed by atoms with Crippen LogP contribution in [0, 0.1) is 0 Å². The quantitative estimate of drug-likeness (QED) is 0.446. The van der Waals surface area contributed by atoms with Crippen LogP contribution in [0.15, 0.2) is 64.4 Å². The second kappa shape index (κ2) is 3.72. The lowest BCUT2D eigenvalue weighted by Gasteiger charge is -1.99. The van der Waals surface area contributed by atoms with Crippen molar-refractivity contribution < 1.29 is 4.42 Å². The standard InChI is InChI=1S/C16H10OS/c1-2-7-13-11(5-1)16-12(15-9-4-10-18-15)6-3-8-14(16)17-13/h1-10H. The summed E-state index contributed by atoms with van der Waals surface area (Å²) in [6.45, 7) is 0. The van der Waals surface area contributed by atoms with Gasteiger partial charge in [0, 0.05) is 21.2 Å². The minimum Gasteiger partial charge on any atom is -0.456 e. The first kappa shape index (κ1) is 9.92. The van der Waals surface area contributed by atoms with Crippen LogP contribution in [0.1, 0.15) is 0 Å². The molecule has 2 heterocycles. The summed E-state index contributed by atoms with van der Waals surface area (Å²) >= 11 is 1.76. The van der Waals surface area contributed by atoms with E-state index in [1.54, 1.807) is 11.3 Å². The Bertz CT molecular complexity index is 825. The van der Waals surface area contributed by atoms with E-state index in [2.05, 4.69) is 41.8 Å². The van der Waals surface area contributed by atoms with E-state index < -0.39 is 0 Å². The maximum Gasteiger partial charge on any atom is 0.136 e. The zero-order valence-electron chi connectivity index (χ0n) is 9.59. The summed E-state index contributed by atoms with van der Waals surface area (Å²) in [5.41, 5.74) is 3.17. The second-order valence-corrected chi connectivity index (χ2v) is 5.20. The molecule has 0 atom stereocenters. The minimum atomic E-state index is 0.955. The van der Waals surface area contributed by atoms with Crippen molar-refractivity contribution in [3.05, 3.63) is 60.0 Å². The van der Waals surface area contributed by atoms with Gasteiger partial charge in [0.15, 0.2) is 0 Å². The number of hydrogen-bond donors (Lipinski definition) is 0. The molecule has 0 spiro atoms. The van der Waals surface area contributed by atoms with Crippen molar-refractivity contribution in [2.75, 3.05) is 0 Å². The van der Waals surface area contributed by atoms with Crippen molar-refractivity contribution in [3.8, 4) is 10.4 Å². The van der Waals surface area contributed by atoms with Gasteiger partial charge in [0.2, 0.25) is 0 Å². The largest absolute Gasteiger partial charge is 0.456 e. The van der Waals surface area contributed by atoms with Crippen LogP contribution in [-0.4, -0.2) is 0 Å². The van der Waals surface area contributed by atoms with Gasteiger partial charge in [0.25, 0.3) is 0 Å². The Morgan fingerprint density at radius 3 is 2.56 bits per heavy atom. The summed E-state index contributed by atoms with van der Waals surface area (Å²) < 4.78 is 5.90. The summed E-state index contributed by atoms with van der Waals surface area (Å²) in [7, 11) is 0. The Morgan fingerprint density at radius 2 is 1.67 bits per heavy atom. The molecule has 0 N–H and O–H groups in total. The lowest BCUT2D eigenvalue weighted by Crippen LogP contribution is -1.74. The Kier molecular flexibility index (Phi) is 2.05. The lowest BCUT2D eigenvalue weighted by molar-refractivity contribution is 0.669. The van der Waals surface area contributed by atoms with E-state index in [4.69, 9.17) is 4.42 Å². The fraction of sp³-hybridized carbons (Fsp3) is 0. The molecule has 0 bridgehead atoms. The molecule has 0 unspecified atom stereocenters. The molecule has 18 heavy (non-hydrogen) atoms. The minimum absolute atomic E-state index is 0.955. The van der Waals surface area contributed by atoms with Crippen molar-refractivity contribution >= 4 is 33.3 Å². The number of rotatable bonds is 1. The van der Waals surface area contributed by atoms with Crippen LogP contribution in [-0.2, 0) is 0 Å². The third-order valence-electron chi connectivity index (χ3n) is 3.19. The molecule has 86 valence electrons. The van der Waals surface area contributed by atoms with Gasteiger partial charge in [-0.25, -0.2) is 0 Å². The molecule has 1 nitrogen and oxygen atoms in total. The van der Waals surface area contributed by atoms with Crippen molar-refractivity contribution in [1.29, 1.82) is 0 Å². The Morgan fingerprint density at radius 1 is 0.778 bits per heavy atom. The maximum atomic E-state index is 5.90. The Labute approximate surface area is 108 Å². The lowest BCUT2D eigenvalue weighted by atomic mass is 10.1. The number of hydrogen-bond acceptors (Lipinski definition) is 2. The Hall–Kier alpha value is -2.06. The molecule has 0 aliphatic rings. The maximum absolute atomic E-state index is 5.90. The predicted molar refractivity (Wildman–Crippen MR) is 77.0 cm³/mol. The van der Waals surface area contributed by atoms with Gasteiger partial charge in [0.1, 0.15) is 11.2 Å². The predicted octanol–water partition coefficient (Wildman–Crippen LogP) is 5.31. The summed E-state index contributed by atoms with van der Waals surface area (Å²) in [6.07, 6.45) is 0. The first-order valence-electron chi connectivity index (χ1n) is 5.87. The monoisotopic (exact) mass is 250 g/mol. The molecule has 0 amide bonds. The fourth-order valence-electron chi connectivity index (χ4n) is 2.41. The van der Waals surface area contributed by atoms with E-state index in [-0.39, 0.29) is 0 Å². The van der Waals surface area contributed by atoms with Gasteiger partial charge in [-0.1, -0.05) is 36.4 Å². The highest BCUT2D eigenvalue weighted by Crippen LogP contribution is 2.37. The molecule has 0 saturated carbocycles. The zero-order valence-corrected chi connectivity index (χ0v) is 10.4. The number of benzene rings is 2. The third kappa shape index (κ3) is 1.33. The first-order valence-corrected chi connectivity index (χ1v) is 6.75. The van der Waals surface area contributed by atoms with E-state index >= 15 is 0 Å². The number of para-hydroxylation sites is 1. The van der Waals surface area contributed by atoms with E-state index in [0.29, 0.717) is 0 Å². The van der Waals surface area contributed by atoms with Gasteiger partial charge in [0.05, 0.1) is 0 Å². The van der Waals surface area contributed by atoms with E-state index in [1.807, 2.05) is 18.2 Å². The number of thiophene rings is 1. The van der Waals surface area contributed by atoms with Gasteiger partial charge < -0.3 is 4.42 Å². The van der Waals surface area contributed by atoms with Gasteiger partial charge in [-0.3, -0.25) is 0 Å². The summed E-state index contributed by atoms with van der Waals surface area (Å²) in [4.78, 5) is 1.28. The Balaban J connectivity index is 2.21. The molecule has 0 aliphatic carbocycles. The topological polar surface area (TPSA) is 13.1 Å². The second-order valence-electron chi connectivity index (χ2n) is 4.25. The van der Waals surface area contributed by atoms with Crippen molar-refractivity contribution in [2.45, 2.75) is 0 Å². The highest BCUT2D eigenvalue weighted by molar-refractivity contribution is 7.13. The molecule has 2 heteroatoms. The average Bonchev–Trinajstić information content (AvgIpc) is 3.05. The van der Waals surface area contributed by atoms with E-state index in [1.165, 1.54) is 21.2 Å². The summed E-state index contributed by atoms with van der Waals surface area (Å²) in [5, 5.41) is 4.52. The van der Waals surface area contributed by atoms with Crippen LogP contribution >= 0.6 is 11.3 Å². The highest BCUT2D eigenvalue weighted by Gasteiger charge is 2.11. The summed E-state index contributed by atoms with van der Waals surface area (Å²) in [6, 6.07) is 18.7. The van der Waals surface area contributed by atoms with E-state index in [9.17, 15) is 0 Å². The smallest absolute Gasteiger partial charge is 0.136 e. The molecule has 4 aromatic rings. The molecule has 2 aromatic heterocycles. The normalized spacial score (nSPS) is 11.3. The molecule has 0 saturated heterocycles. The van der Waals surface area contributed by atoms with Crippen molar-refractivity contribution in [1.82, 2.24) is 0 Å². The molecular weight excluding hydrogens is 240 g/mol. The van der Waals surface area contributed by atoms with Crippen LogP contribution in [0.4, 0.5) is 0 Å². The number of fused-ring (bicyclic) bond motifs is 3. The van der Waals surface area contributed by atoms with Gasteiger partial charge in [-0.15, -0.1) is 11.3 Å². The molecular formula is C16H10OS. The van der Waals surface area contributed by atoms with E-state index in [0.717, 1.165) is 11.2 Å². The fourth-order valence-corrected chi connectivity index (χ4v) is 3.17. The molecule has 4 rings (SSSR count). The zero-order chi connectivity index (χ0) is 11.9. The molecule has 0 fully saturated rings. The molecule has 0 aliphatic heterocycles. The van der Waals surface area contributed by atoms with Gasteiger partial charge in [-0.2, -0.15) is 0 Å². The summed E-state index contributed by atoms with van der Waals surface area (Å²) in [5.74, 6) is 0. The average molecular weight is 250 g/mol. The first-order chi connectivity index (χ1) is 8.93. The molecule has 0 radical (unpaired) electrons. The van der Waals surface area contributed by atoms with Crippen molar-refractivity contribution in [2.24, 2.45) is 0 Å². The van der Waals surface area contributed by atoms with Crippen LogP contribution in [0.2, 0.25) is 0 Å². The van der Waals surface area contributed by atoms with Crippen LogP contribution in [0.25, 0.3) is 32.4 Å². The highest BCUT2D eigenvalue weighted by atomic mass is 32.1. The van der Waals surface area contributed by atoms with Gasteiger partial charge in [-0.05, 0) is 23.6 Å². The number of furan rings is 1.